The first kappa shape index (κ1) is 11.0. The number of nitrogens with one attached hydrogen (secondary N) is 1. The van der Waals surface area contributed by atoms with E-state index in [-0.39, 0.29) is 6.04 Å². The Kier molecular flexibility index (Phi) is 2.87. The van der Waals surface area contributed by atoms with E-state index in [1.165, 1.54) is 0 Å². The van der Waals surface area contributed by atoms with Crippen molar-refractivity contribution in [1.29, 1.82) is 0 Å². The average molecular weight is 234 g/mol. The highest BCUT2D eigenvalue weighted by Gasteiger charge is 2.13. The lowest BCUT2D eigenvalue weighted by Crippen LogP contribution is -2.05. The zero-order valence-corrected chi connectivity index (χ0v) is 10.4. The molecule has 2 heterocycles. The normalized spacial score (nSPS) is 11.0. The molecule has 4 nitrogen and oxygen atoms in total. The first-order chi connectivity index (χ1) is 7.61. The second-order valence-corrected chi connectivity index (χ2v) is 4.37. The van der Waals surface area contributed by atoms with Crippen molar-refractivity contribution in [3.63, 3.8) is 0 Å². The molecule has 0 saturated heterocycles. The fourth-order valence-corrected chi connectivity index (χ4v) is 2.01. The van der Waals surface area contributed by atoms with Crippen LogP contribution in [0.4, 0.5) is 0 Å². The van der Waals surface area contributed by atoms with Crippen LogP contribution in [0.2, 0.25) is 0 Å². The van der Waals surface area contributed by atoms with Crippen LogP contribution < -0.4 is 0 Å². The van der Waals surface area contributed by atoms with Gasteiger partial charge < -0.3 is 0 Å². The minimum absolute atomic E-state index is 0.266. The van der Waals surface area contributed by atoms with E-state index in [9.17, 15) is 0 Å². The maximum Gasteiger partial charge on any atom is 0.195 e. The summed E-state index contributed by atoms with van der Waals surface area (Å²) < 4.78 is 2.61. The summed E-state index contributed by atoms with van der Waals surface area (Å²) in [6, 6.07) is 4.20. The first-order valence-corrected chi connectivity index (χ1v) is 5.61. The lowest BCUT2D eigenvalue weighted by molar-refractivity contribution is 0.596. The van der Waals surface area contributed by atoms with Crippen molar-refractivity contribution in [3.8, 4) is 11.5 Å². The van der Waals surface area contributed by atoms with Gasteiger partial charge in [0.1, 0.15) is 5.69 Å². The van der Waals surface area contributed by atoms with Crippen LogP contribution in [0.5, 0.6) is 0 Å². The second kappa shape index (κ2) is 4.17. The van der Waals surface area contributed by atoms with Gasteiger partial charge in [0.2, 0.25) is 0 Å². The number of rotatable bonds is 2. The lowest BCUT2D eigenvalue weighted by atomic mass is 10.2. The Hall–Kier alpha value is -1.49. The fourth-order valence-electron chi connectivity index (χ4n) is 1.67. The van der Waals surface area contributed by atoms with Gasteiger partial charge in [-0.05, 0) is 44.6 Å². The summed E-state index contributed by atoms with van der Waals surface area (Å²) in [4.78, 5) is 4.36. The van der Waals surface area contributed by atoms with Crippen LogP contribution in [0.1, 0.15) is 25.5 Å². The smallest absolute Gasteiger partial charge is 0.195 e. The van der Waals surface area contributed by atoms with E-state index >= 15 is 0 Å². The van der Waals surface area contributed by atoms with Crippen LogP contribution >= 0.6 is 12.2 Å². The van der Waals surface area contributed by atoms with Crippen LogP contribution in [-0.4, -0.2) is 19.7 Å². The summed E-state index contributed by atoms with van der Waals surface area (Å²) in [6.45, 7) is 6.17. The van der Waals surface area contributed by atoms with Crippen molar-refractivity contribution in [2.24, 2.45) is 0 Å². The van der Waals surface area contributed by atoms with Gasteiger partial charge in [0.25, 0.3) is 0 Å². The highest BCUT2D eigenvalue weighted by molar-refractivity contribution is 7.71. The Morgan fingerprint density at radius 3 is 2.81 bits per heavy atom. The predicted molar refractivity (Wildman–Crippen MR) is 65.8 cm³/mol. The molecule has 0 aliphatic heterocycles. The van der Waals surface area contributed by atoms with Gasteiger partial charge in [-0.2, -0.15) is 5.10 Å². The molecule has 2 rings (SSSR count). The Bertz CT molecular complexity index is 553. The molecule has 16 heavy (non-hydrogen) atoms. The maximum absolute atomic E-state index is 5.21. The topological polar surface area (TPSA) is 46.5 Å². The fraction of sp³-hybridized carbons (Fsp3) is 0.364. The van der Waals surface area contributed by atoms with E-state index in [2.05, 4.69) is 29.0 Å². The molecule has 0 amide bonds. The number of nitrogens with zero attached hydrogens (tertiary/aromatic N) is 3. The van der Waals surface area contributed by atoms with E-state index in [4.69, 9.17) is 12.2 Å². The number of hydrogen-bond donors (Lipinski definition) is 1. The third kappa shape index (κ3) is 1.78. The predicted octanol–water partition coefficient (Wildman–Crippen LogP) is 2.89. The molecule has 2 aromatic heterocycles. The number of pyridine rings is 1. The molecule has 84 valence electrons. The van der Waals surface area contributed by atoms with E-state index in [1.54, 1.807) is 6.20 Å². The van der Waals surface area contributed by atoms with Crippen LogP contribution in [0, 0.1) is 11.7 Å². The van der Waals surface area contributed by atoms with Crippen LogP contribution in [0.3, 0.4) is 0 Å². The molecule has 0 aliphatic rings. The van der Waals surface area contributed by atoms with E-state index in [0.29, 0.717) is 4.77 Å². The highest BCUT2D eigenvalue weighted by Crippen LogP contribution is 2.21. The van der Waals surface area contributed by atoms with Gasteiger partial charge in [-0.3, -0.25) is 14.6 Å². The Labute approximate surface area is 99.4 Å². The van der Waals surface area contributed by atoms with Gasteiger partial charge in [0.05, 0.1) is 0 Å². The molecule has 0 aliphatic carbocycles. The van der Waals surface area contributed by atoms with E-state index in [0.717, 1.165) is 17.1 Å². The van der Waals surface area contributed by atoms with Crippen LogP contribution in [-0.2, 0) is 0 Å². The van der Waals surface area contributed by atoms with Crippen molar-refractivity contribution < 1.29 is 0 Å². The molecule has 0 atom stereocenters. The van der Waals surface area contributed by atoms with Crippen LogP contribution in [0.25, 0.3) is 11.5 Å². The minimum Gasteiger partial charge on any atom is -0.296 e. The molecule has 2 aromatic rings. The van der Waals surface area contributed by atoms with E-state index < -0.39 is 0 Å². The monoisotopic (exact) mass is 234 g/mol. The van der Waals surface area contributed by atoms with Gasteiger partial charge in [0.15, 0.2) is 10.6 Å². The Morgan fingerprint density at radius 2 is 2.19 bits per heavy atom. The standard InChI is InChI=1S/C11H14N4S/c1-7(2)15-10(13-14-11(15)16)9-8(3)5-4-6-12-9/h4-7H,1-3H3,(H,14,16). The van der Waals surface area contributed by atoms with Gasteiger partial charge in [-0.1, -0.05) is 6.07 Å². The SMILES string of the molecule is Cc1cccnc1-c1n[nH]c(=S)n1C(C)C. The summed E-state index contributed by atoms with van der Waals surface area (Å²) in [5.74, 6) is 0.804. The quantitative estimate of drug-likeness (QED) is 0.813. The zero-order valence-electron chi connectivity index (χ0n) is 9.56. The van der Waals surface area contributed by atoms with Crippen LogP contribution in [0.15, 0.2) is 18.3 Å². The summed E-state index contributed by atoms with van der Waals surface area (Å²) in [6.07, 6.45) is 1.77. The molecule has 0 bridgehead atoms. The molecule has 0 unspecified atom stereocenters. The number of hydrogen-bond acceptors (Lipinski definition) is 3. The average Bonchev–Trinajstić information content (AvgIpc) is 2.61. The highest BCUT2D eigenvalue weighted by atomic mass is 32.1. The molecular weight excluding hydrogens is 220 g/mol. The molecular formula is C11H14N4S. The molecule has 0 fully saturated rings. The summed E-state index contributed by atoms with van der Waals surface area (Å²) >= 11 is 5.21. The molecule has 5 heteroatoms. The van der Waals surface area contributed by atoms with Gasteiger partial charge in [-0.15, -0.1) is 0 Å². The first-order valence-electron chi connectivity index (χ1n) is 5.20. The Balaban J connectivity index is 2.66. The minimum atomic E-state index is 0.266. The molecule has 0 saturated carbocycles. The number of H-pyrrole nitrogens is 1. The molecule has 0 radical (unpaired) electrons. The van der Waals surface area contributed by atoms with Crippen molar-refractivity contribution in [2.45, 2.75) is 26.8 Å². The van der Waals surface area contributed by atoms with Crippen molar-refractivity contribution in [1.82, 2.24) is 19.7 Å². The van der Waals surface area contributed by atoms with Gasteiger partial charge in [0, 0.05) is 12.2 Å². The largest absolute Gasteiger partial charge is 0.296 e. The number of aryl methyl sites for hydroxylation is 1. The van der Waals surface area contributed by atoms with E-state index in [1.807, 2.05) is 23.6 Å². The zero-order chi connectivity index (χ0) is 11.7. The van der Waals surface area contributed by atoms with Crippen molar-refractivity contribution in [2.75, 3.05) is 0 Å². The Morgan fingerprint density at radius 1 is 1.44 bits per heavy atom. The van der Waals surface area contributed by atoms with Gasteiger partial charge >= 0.3 is 0 Å². The summed E-state index contributed by atoms with van der Waals surface area (Å²) in [5, 5.41) is 7.07. The third-order valence-corrected chi connectivity index (χ3v) is 2.73. The molecule has 0 spiro atoms. The summed E-state index contributed by atoms with van der Waals surface area (Å²) in [7, 11) is 0. The van der Waals surface area contributed by atoms with Gasteiger partial charge in [-0.25, -0.2) is 0 Å². The second-order valence-electron chi connectivity index (χ2n) is 3.99. The van der Waals surface area contributed by atoms with Crippen molar-refractivity contribution >= 4 is 12.2 Å². The van der Waals surface area contributed by atoms with Crippen molar-refractivity contribution in [3.05, 3.63) is 28.7 Å². The molecule has 1 N–H and O–H groups in total. The summed E-state index contributed by atoms with van der Waals surface area (Å²) in [5.41, 5.74) is 1.97. The third-order valence-electron chi connectivity index (χ3n) is 2.44. The molecule has 0 aromatic carbocycles. The number of aromatic amines is 1. The maximum atomic E-state index is 5.21. The lowest BCUT2D eigenvalue weighted by Gasteiger charge is -2.10. The number of aromatic nitrogens is 4.